The van der Waals surface area contributed by atoms with Crippen LogP contribution in [0.2, 0.25) is 0 Å². The van der Waals surface area contributed by atoms with Crippen molar-refractivity contribution in [3.05, 3.63) is 0 Å². The molecule has 16 heavy (non-hydrogen) atoms. The van der Waals surface area contributed by atoms with Crippen LogP contribution >= 0.6 is 0 Å². The van der Waals surface area contributed by atoms with Crippen molar-refractivity contribution in [1.29, 1.82) is 0 Å². The molecule has 0 atom stereocenters. The average molecular weight is 228 g/mol. The van der Waals surface area contributed by atoms with Crippen molar-refractivity contribution >= 4 is 5.91 Å². The summed E-state index contributed by atoms with van der Waals surface area (Å²) in [6.07, 6.45) is 4.58. The highest BCUT2D eigenvalue weighted by Gasteiger charge is 2.24. The molecule has 0 aromatic carbocycles. The van der Waals surface area contributed by atoms with E-state index in [1.165, 1.54) is 0 Å². The van der Waals surface area contributed by atoms with Crippen LogP contribution in [0.25, 0.3) is 0 Å². The largest absolute Gasteiger partial charge is 0.390 e. The number of nitrogens with one attached hydrogen (secondary N) is 1. The molecule has 0 saturated heterocycles. The number of primary amides is 1. The normalized spacial score (nSPS) is 26.7. The van der Waals surface area contributed by atoms with Gasteiger partial charge in [0, 0.05) is 12.0 Å². The Morgan fingerprint density at radius 2 is 1.94 bits per heavy atom. The molecule has 1 amide bonds. The molecule has 1 aliphatic carbocycles. The molecule has 4 nitrogen and oxygen atoms in total. The number of hydrogen-bond acceptors (Lipinski definition) is 3. The molecule has 1 saturated carbocycles. The third kappa shape index (κ3) is 4.94. The highest BCUT2D eigenvalue weighted by atomic mass is 16.3. The highest BCUT2D eigenvalue weighted by Crippen LogP contribution is 2.23. The summed E-state index contributed by atoms with van der Waals surface area (Å²) in [6, 6.07) is 0.484. The summed E-state index contributed by atoms with van der Waals surface area (Å²) >= 11 is 0. The van der Waals surface area contributed by atoms with E-state index in [0.29, 0.717) is 6.04 Å². The lowest BCUT2D eigenvalue weighted by atomic mass is 9.85. The van der Waals surface area contributed by atoms with Crippen LogP contribution in [0, 0.1) is 5.92 Å². The fourth-order valence-corrected chi connectivity index (χ4v) is 2.16. The molecule has 0 unspecified atom stereocenters. The van der Waals surface area contributed by atoms with Crippen molar-refractivity contribution in [2.24, 2.45) is 11.7 Å². The molecule has 0 radical (unpaired) electrons. The summed E-state index contributed by atoms with van der Waals surface area (Å²) in [6.45, 7) is 4.47. The second-order valence-electron chi connectivity index (χ2n) is 5.47. The van der Waals surface area contributed by atoms with Gasteiger partial charge in [-0.05, 0) is 52.5 Å². The van der Waals surface area contributed by atoms with E-state index in [1.807, 2.05) is 13.8 Å². The maximum atomic E-state index is 11.0. The number of rotatable bonds is 5. The molecular formula is C12H24N2O2. The SMILES string of the molecule is CC(C)(O)CCNC1CCC(C(N)=O)CC1. The summed E-state index contributed by atoms with van der Waals surface area (Å²) in [5.74, 6) is -0.0812. The van der Waals surface area contributed by atoms with Gasteiger partial charge in [-0.3, -0.25) is 4.79 Å². The zero-order valence-electron chi connectivity index (χ0n) is 10.3. The minimum atomic E-state index is -0.600. The Labute approximate surface area is 97.6 Å². The van der Waals surface area contributed by atoms with E-state index < -0.39 is 5.60 Å². The van der Waals surface area contributed by atoms with Crippen molar-refractivity contribution in [1.82, 2.24) is 5.32 Å². The molecule has 4 N–H and O–H groups in total. The molecule has 0 aliphatic heterocycles. The van der Waals surface area contributed by atoms with E-state index in [-0.39, 0.29) is 11.8 Å². The van der Waals surface area contributed by atoms with Crippen LogP contribution in [-0.2, 0) is 4.79 Å². The van der Waals surface area contributed by atoms with E-state index in [9.17, 15) is 9.90 Å². The van der Waals surface area contributed by atoms with Gasteiger partial charge in [-0.1, -0.05) is 0 Å². The molecule has 1 aliphatic rings. The van der Waals surface area contributed by atoms with Crippen molar-refractivity contribution in [2.45, 2.75) is 57.6 Å². The van der Waals surface area contributed by atoms with Crippen molar-refractivity contribution in [3.8, 4) is 0 Å². The van der Waals surface area contributed by atoms with Crippen LogP contribution in [0.3, 0.4) is 0 Å². The molecular weight excluding hydrogens is 204 g/mol. The molecule has 0 heterocycles. The second kappa shape index (κ2) is 5.64. The van der Waals surface area contributed by atoms with Crippen LogP contribution in [0.4, 0.5) is 0 Å². The van der Waals surface area contributed by atoms with Crippen molar-refractivity contribution in [3.63, 3.8) is 0 Å². The van der Waals surface area contributed by atoms with E-state index in [2.05, 4.69) is 5.32 Å². The summed E-state index contributed by atoms with van der Waals surface area (Å²) < 4.78 is 0. The first kappa shape index (κ1) is 13.5. The molecule has 1 fully saturated rings. The summed E-state index contributed by atoms with van der Waals surface area (Å²) in [5, 5.41) is 13.0. The standard InChI is InChI=1S/C12H24N2O2/c1-12(2,16)7-8-14-10-5-3-9(4-6-10)11(13)15/h9-10,14,16H,3-8H2,1-2H3,(H2,13,15). The lowest BCUT2D eigenvalue weighted by molar-refractivity contribution is -0.122. The Morgan fingerprint density at radius 1 is 1.38 bits per heavy atom. The molecule has 94 valence electrons. The number of nitrogens with two attached hydrogens (primary N) is 1. The predicted octanol–water partition coefficient (Wildman–Crippen LogP) is 0.781. The van der Waals surface area contributed by atoms with Crippen LogP contribution in [0.15, 0.2) is 0 Å². The molecule has 1 rings (SSSR count). The highest BCUT2D eigenvalue weighted by molar-refractivity contribution is 5.76. The first-order valence-electron chi connectivity index (χ1n) is 6.13. The van der Waals surface area contributed by atoms with E-state index in [4.69, 9.17) is 5.73 Å². The zero-order valence-corrected chi connectivity index (χ0v) is 10.3. The lowest BCUT2D eigenvalue weighted by Crippen LogP contribution is -2.38. The summed E-state index contributed by atoms with van der Waals surface area (Å²) in [7, 11) is 0. The van der Waals surface area contributed by atoms with Crippen LogP contribution in [-0.4, -0.2) is 29.2 Å². The van der Waals surface area contributed by atoms with Crippen molar-refractivity contribution < 1.29 is 9.90 Å². The minimum Gasteiger partial charge on any atom is -0.390 e. The molecule has 0 aromatic heterocycles. The van der Waals surface area contributed by atoms with Gasteiger partial charge in [0.15, 0.2) is 0 Å². The summed E-state index contributed by atoms with van der Waals surface area (Å²) in [5.41, 5.74) is 4.68. The fraction of sp³-hybridized carbons (Fsp3) is 0.917. The van der Waals surface area contributed by atoms with Gasteiger partial charge in [0.25, 0.3) is 0 Å². The molecule has 4 heteroatoms. The predicted molar refractivity (Wildman–Crippen MR) is 63.9 cm³/mol. The van der Waals surface area contributed by atoms with Gasteiger partial charge in [-0.15, -0.1) is 0 Å². The van der Waals surface area contributed by atoms with Gasteiger partial charge in [-0.2, -0.15) is 0 Å². The Morgan fingerprint density at radius 3 is 2.38 bits per heavy atom. The average Bonchev–Trinajstić information content (AvgIpc) is 2.16. The first-order valence-corrected chi connectivity index (χ1v) is 6.13. The quantitative estimate of drug-likeness (QED) is 0.651. The topological polar surface area (TPSA) is 75.3 Å². The monoisotopic (exact) mass is 228 g/mol. The maximum Gasteiger partial charge on any atom is 0.220 e. The van der Waals surface area contributed by atoms with Gasteiger partial charge in [-0.25, -0.2) is 0 Å². The summed E-state index contributed by atoms with van der Waals surface area (Å²) in [4.78, 5) is 11.0. The Balaban J connectivity index is 2.15. The Bertz CT molecular complexity index is 228. The zero-order chi connectivity index (χ0) is 12.2. The Hall–Kier alpha value is -0.610. The molecule has 0 aromatic rings. The van der Waals surface area contributed by atoms with E-state index in [0.717, 1.165) is 38.6 Å². The van der Waals surface area contributed by atoms with Crippen LogP contribution < -0.4 is 11.1 Å². The number of aliphatic hydroxyl groups is 1. The second-order valence-corrected chi connectivity index (χ2v) is 5.47. The van der Waals surface area contributed by atoms with Gasteiger partial charge >= 0.3 is 0 Å². The van der Waals surface area contributed by atoms with Crippen LogP contribution in [0.5, 0.6) is 0 Å². The number of hydrogen-bond donors (Lipinski definition) is 3. The maximum absolute atomic E-state index is 11.0. The van der Waals surface area contributed by atoms with E-state index in [1.54, 1.807) is 0 Å². The first-order chi connectivity index (χ1) is 7.38. The van der Waals surface area contributed by atoms with Gasteiger partial charge in [0.1, 0.15) is 0 Å². The molecule has 0 spiro atoms. The van der Waals surface area contributed by atoms with Crippen molar-refractivity contribution in [2.75, 3.05) is 6.54 Å². The molecule has 0 bridgehead atoms. The van der Waals surface area contributed by atoms with Gasteiger partial charge in [0.05, 0.1) is 5.60 Å². The van der Waals surface area contributed by atoms with Crippen LogP contribution in [0.1, 0.15) is 46.0 Å². The van der Waals surface area contributed by atoms with Gasteiger partial charge < -0.3 is 16.2 Å². The number of carbonyl (C=O) groups excluding carboxylic acids is 1. The third-order valence-corrected chi connectivity index (χ3v) is 3.30. The Kier molecular flexibility index (Phi) is 4.74. The number of carbonyl (C=O) groups is 1. The number of amides is 1. The van der Waals surface area contributed by atoms with E-state index >= 15 is 0 Å². The van der Waals surface area contributed by atoms with Gasteiger partial charge in [0.2, 0.25) is 5.91 Å². The minimum absolute atomic E-state index is 0.0762. The smallest absolute Gasteiger partial charge is 0.220 e. The fourth-order valence-electron chi connectivity index (χ4n) is 2.16. The third-order valence-electron chi connectivity index (χ3n) is 3.30. The lowest BCUT2D eigenvalue weighted by Gasteiger charge is -2.28.